The Labute approximate surface area is 177 Å². The molecule has 0 saturated heterocycles. The molecule has 0 radical (unpaired) electrons. The Morgan fingerprint density at radius 3 is 2.45 bits per heavy atom. The van der Waals surface area contributed by atoms with Crippen LogP contribution in [0.3, 0.4) is 0 Å². The first-order valence-corrected chi connectivity index (χ1v) is 11.3. The van der Waals surface area contributed by atoms with E-state index < -0.39 is 6.10 Å². The Kier molecular flexibility index (Phi) is 6.46. The van der Waals surface area contributed by atoms with Crippen molar-refractivity contribution in [2.45, 2.75) is 79.6 Å². The van der Waals surface area contributed by atoms with E-state index >= 15 is 0 Å². The van der Waals surface area contributed by atoms with Gasteiger partial charge >= 0.3 is 0 Å². The predicted molar refractivity (Wildman–Crippen MR) is 121 cm³/mol. The van der Waals surface area contributed by atoms with Crippen LogP contribution in [0.15, 0.2) is 12.4 Å². The van der Waals surface area contributed by atoms with Gasteiger partial charge in [-0.05, 0) is 53.0 Å². The molecule has 0 saturated carbocycles. The van der Waals surface area contributed by atoms with Crippen molar-refractivity contribution in [3.63, 3.8) is 0 Å². The Balaban J connectivity index is 2.40. The number of pyridine rings is 1. The molecule has 3 aromatic rings. The predicted octanol–water partition coefficient (Wildman–Crippen LogP) is 5.46. The van der Waals surface area contributed by atoms with E-state index in [2.05, 4.69) is 32.1 Å². The molecule has 1 N–H and O–H groups in total. The third kappa shape index (κ3) is 4.25. The van der Waals surface area contributed by atoms with Gasteiger partial charge in [0.05, 0.1) is 18.4 Å². The SMILES string of the molecule is CCc1sc2nc(C)c(C(CO)OC(C)(C)C)c(-c3cnn(CC)c3)c2c1CC. The summed E-state index contributed by atoms with van der Waals surface area (Å²) in [5, 5.41) is 16.0. The van der Waals surface area contributed by atoms with Crippen molar-refractivity contribution in [2.75, 3.05) is 6.61 Å². The lowest BCUT2D eigenvalue weighted by Crippen LogP contribution is -2.25. The van der Waals surface area contributed by atoms with Gasteiger partial charge < -0.3 is 9.84 Å². The maximum Gasteiger partial charge on any atom is 0.124 e. The molecule has 3 heterocycles. The average Bonchev–Trinajstić information content (AvgIpc) is 3.28. The molecule has 0 aliphatic heterocycles. The summed E-state index contributed by atoms with van der Waals surface area (Å²) in [5.74, 6) is 0. The number of rotatable bonds is 7. The molecule has 0 bridgehead atoms. The molecule has 0 aliphatic rings. The monoisotopic (exact) mass is 415 g/mol. The summed E-state index contributed by atoms with van der Waals surface area (Å²) >= 11 is 1.78. The minimum absolute atomic E-state index is 0.0908. The lowest BCUT2D eigenvalue weighted by atomic mass is 9.91. The minimum atomic E-state index is -0.443. The van der Waals surface area contributed by atoms with Gasteiger partial charge in [0.15, 0.2) is 0 Å². The molecular formula is C23H33N3O2S. The molecule has 5 nitrogen and oxygen atoms in total. The Bertz CT molecular complexity index is 998. The third-order valence-electron chi connectivity index (χ3n) is 5.15. The normalized spacial score (nSPS) is 13.4. The Morgan fingerprint density at radius 1 is 1.21 bits per heavy atom. The molecule has 29 heavy (non-hydrogen) atoms. The van der Waals surface area contributed by atoms with Crippen molar-refractivity contribution in [3.05, 3.63) is 34.1 Å². The second kappa shape index (κ2) is 8.54. The van der Waals surface area contributed by atoms with Crippen molar-refractivity contribution in [1.29, 1.82) is 0 Å². The van der Waals surface area contributed by atoms with Gasteiger partial charge in [-0.2, -0.15) is 5.10 Å². The fourth-order valence-corrected chi connectivity index (χ4v) is 5.25. The van der Waals surface area contributed by atoms with Gasteiger partial charge in [0.25, 0.3) is 0 Å². The standard InChI is InChI=1S/C23H33N3O2S/c1-8-16-18(9-2)29-22-21(16)20(15-11-24-26(10-3)12-15)19(14(4)25-22)17(13-27)28-23(5,6)7/h11-12,17,27H,8-10,13H2,1-7H3. The molecule has 0 aliphatic carbocycles. The lowest BCUT2D eigenvalue weighted by Gasteiger charge is -2.29. The zero-order valence-electron chi connectivity index (χ0n) is 18.7. The highest BCUT2D eigenvalue weighted by atomic mass is 32.1. The van der Waals surface area contributed by atoms with Crippen LogP contribution in [0.2, 0.25) is 0 Å². The van der Waals surface area contributed by atoms with Crippen LogP contribution in [0.5, 0.6) is 0 Å². The molecule has 3 aromatic heterocycles. The van der Waals surface area contributed by atoms with Gasteiger partial charge in [-0.3, -0.25) is 4.68 Å². The number of hydrogen-bond donors (Lipinski definition) is 1. The topological polar surface area (TPSA) is 60.2 Å². The zero-order valence-corrected chi connectivity index (χ0v) is 19.5. The van der Waals surface area contributed by atoms with E-state index in [1.807, 2.05) is 38.6 Å². The number of nitrogens with zero attached hydrogens (tertiary/aromatic N) is 3. The summed E-state index contributed by atoms with van der Waals surface area (Å²) in [6, 6.07) is 0. The van der Waals surface area contributed by atoms with Gasteiger partial charge in [-0.15, -0.1) is 11.3 Å². The summed E-state index contributed by atoms with van der Waals surface area (Å²) in [4.78, 5) is 7.41. The Hall–Kier alpha value is -1.76. The van der Waals surface area contributed by atoms with Crippen LogP contribution < -0.4 is 0 Å². The summed E-state index contributed by atoms with van der Waals surface area (Å²) in [6.45, 7) is 15.3. The van der Waals surface area contributed by atoms with Gasteiger partial charge in [0.1, 0.15) is 10.9 Å². The summed E-state index contributed by atoms with van der Waals surface area (Å²) < 4.78 is 8.23. The molecule has 0 fully saturated rings. The van der Waals surface area contributed by atoms with Gasteiger partial charge in [0.2, 0.25) is 0 Å². The van der Waals surface area contributed by atoms with Crippen LogP contribution in [0.25, 0.3) is 21.3 Å². The van der Waals surface area contributed by atoms with E-state index in [0.717, 1.165) is 46.6 Å². The number of ether oxygens (including phenoxy) is 1. The second-order valence-corrected chi connectivity index (χ2v) is 9.45. The maximum absolute atomic E-state index is 10.3. The molecule has 0 aromatic carbocycles. The van der Waals surface area contributed by atoms with Crippen molar-refractivity contribution < 1.29 is 9.84 Å². The molecule has 6 heteroatoms. The van der Waals surface area contributed by atoms with E-state index in [-0.39, 0.29) is 12.2 Å². The number of thiophene rings is 1. The first-order valence-electron chi connectivity index (χ1n) is 10.5. The van der Waals surface area contributed by atoms with Crippen molar-refractivity contribution >= 4 is 21.6 Å². The second-order valence-electron chi connectivity index (χ2n) is 8.36. The molecule has 0 amide bonds. The van der Waals surface area contributed by atoms with E-state index in [1.165, 1.54) is 15.8 Å². The highest BCUT2D eigenvalue weighted by Gasteiger charge is 2.29. The third-order valence-corrected chi connectivity index (χ3v) is 6.42. The first kappa shape index (κ1) is 21.9. The van der Waals surface area contributed by atoms with E-state index in [1.54, 1.807) is 11.3 Å². The summed E-state index contributed by atoms with van der Waals surface area (Å²) in [6.07, 6.45) is 5.52. The van der Waals surface area contributed by atoms with E-state index in [0.29, 0.717) is 0 Å². The molecule has 1 atom stereocenters. The highest BCUT2D eigenvalue weighted by Crippen LogP contribution is 2.44. The summed E-state index contributed by atoms with van der Waals surface area (Å²) in [7, 11) is 0. The average molecular weight is 416 g/mol. The van der Waals surface area contributed by atoms with Gasteiger partial charge in [-0.1, -0.05) is 13.8 Å². The Morgan fingerprint density at radius 2 is 1.93 bits per heavy atom. The fraction of sp³-hybridized carbons (Fsp3) is 0.565. The van der Waals surface area contributed by atoms with Crippen LogP contribution in [0.1, 0.15) is 69.3 Å². The molecular weight excluding hydrogens is 382 g/mol. The number of aromatic nitrogens is 3. The molecule has 158 valence electrons. The smallest absolute Gasteiger partial charge is 0.124 e. The van der Waals surface area contributed by atoms with Crippen molar-refractivity contribution in [2.24, 2.45) is 0 Å². The minimum Gasteiger partial charge on any atom is -0.393 e. The number of hydrogen-bond acceptors (Lipinski definition) is 5. The molecule has 1 unspecified atom stereocenters. The number of aliphatic hydroxyl groups is 1. The van der Waals surface area contributed by atoms with Gasteiger partial charge in [0, 0.05) is 45.4 Å². The van der Waals surface area contributed by atoms with Crippen molar-refractivity contribution in [1.82, 2.24) is 14.8 Å². The first-order chi connectivity index (χ1) is 13.7. The fourth-order valence-electron chi connectivity index (χ4n) is 4.00. The van der Waals surface area contributed by atoms with Crippen molar-refractivity contribution in [3.8, 4) is 11.1 Å². The van der Waals surface area contributed by atoms with Crippen LogP contribution in [-0.2, 0) is 24.1 Å². The van der Waals surface area contributed by atoms with E-state index in [4.69, 9.17) is 9.72 Å². The number of aryl methyl sites for hydroxylation is 4. The number of fused-ring (bicyclic) bond motifs is 1. The van der Waals surface area contributed by atoms with E-state index in [9.17, 15) is 5.11 Å². The largest absolute Gasteiger partial charge is 0.393 e. The quantitative estimate of drug-likeness (QED) is 0.556. The van der Waals surface area contributed by atoms with Crippen LogP contribution >= 0.6 is 11.3 Å². The molecule has 0 spiro atoms. The summed E-state index contributed by atoms with van der Waals surface area (Å²) in [5.41, 5.74) is 5.03. The van der Waals surface area contributed by atoms with Gasteiger partial charge in [-0.25, -0.2) is 4.98 Å². The zero-order chi connectivity index (χ0) is 21.3. The number of aliphatic hydroxyl groups excluding tert-OH is 1. The maximum atomic E-state index is 10.3. The highest BCUT2D eigenvalue weighted by molar-refractivity contribution is 7.19. The molecule has 3 rings (SSSR count). The lowest BCUT2D eigenvalue weighted by molar-refractivity contribution is -0.0823. The van der Waals surface area contributed by atoms with Crippen LogP contribution in [0.4, 0.5) is 0 Å². The van der Waals surface area contributed by atoms with Crippen LogP contribution in [-0.4, -0.2) is 32.1 Å². The van der Waals surface area contributed by atoms with Crippen LogP contribution in [0, 0.1) is 6.92 Å².